The van der Waals surface area contributed by atoms with Crippen LogP contribution in [0.25, 0.3) is 22.2 Å². The zero-order chi connectivity index (χ0) is 24.9. The topological polar surface area (TPSA) is 99.2 Å². The molecule has 1 fully saturated rings. The molecule has 1 aromatic carbocycles. The van der Waals surface area contributed by atoms with Crippen molar-refractivity contribution in [2.24, 2.45) is 0 Å². The van der Waals surface area contributed by atoms with E-state index in [9.17, 15) is 4.79 Å². The largest absolute Gasteiger partial charge is 0.354 e. The number of rotatable bonds is 7. The minimum atomic E-state index is -0.210. The summed E-state index contributed by atoms with van der Waals surface area (Å²) in [4.78, 5) is 34.7. The second kappa shape index (κ2) is 10.5. The fourth-order valence-electron chi connectivity index (χ4n) is 4.13. The third-order valence-corrected chi connectivity index (χ3v) is 6.18. The quantitative estimate of drug-likeness (QED) is 0.389. The van der Waals surface area contributed by atoms with E-state index in [4.69, 9.17) is 4.98 Å². The van der Waals surface area contributed by atoms with Crippen molar-refractivity contribution >= 4 is 34.3 Å². The van der Waals surface area contributed by atoms with Crippen LogP contribution in [0.4, 0.5) is 17.5 Å². The molecule has 0 atom stereocenters. The summed E-state index contributed by atoms with van der Waals surface area (Å²) in [6.07, 6.45) is 6.61. The van der Waals surface area contributed by atoms with Gasteiger partial charge in [-0.05, 0) is 43.0 Å². The number of likely N-dealkylation sites (N-methyl/N-ethyl adjacent to an activating group) is 1. The Labute approximate surface area is 209 Å². The molecule has 2 N–H and O–H groups in total. The summed E-state index contributed by atoms with van der Waals surface area (Å²) >= 11 is 0. The van der Waals surface area contributed by atoms with Crippen LogP contribution in [0.1, 0.15) is 5.56 Å². The van der Waals surface area contributed by atoms with Crippen molar-refractivity contribution in [3.05, 3.63) is 79.3 Å². The summed E-state index contributed by atoms with van der Waals surface area (Å²) in [5, 5.41) is 6.96. The summed E-state index contributed by atoms with van der Waals surface area (Å²) in [5.74, 6) is 1.24. The molecule has 182 valence electrons. The molecule has 0 bridgehead atoms. The molecule has 9 nitrogen and oxygen atoms in total. The van der Waals surface area contributed by atoms with Crippen molar-refractivity contribution in [3.8, 4) is 11.3 Å². The number of hydrogen-bond donors (Lipinski definition) is 2. The second-order valence-electron chi connectivity index (χ2n) is 8.73. The van der Waals surface area contributed by atoms with Gasteiger partial charge in [0.2, 0.25) is 11.9 Å². The molecule has 1 aliphatic heterocycles. The highest BCUT2D eigenvalue weighted by Gasteiger charge is 2.15. The number of carbonyl (C=O) groups is 1. The van der Waals surface area contributed by atoms with Crippen molar-refractivity contribution in [2.45, 2.75) is 6.54 Å². The molecule has 1 amide bonds. The van der Waals surface area contributed by atoms with Crippen molar-refractivity contribution in [1.82, 2.24) is 30.2 Å². The SMILES string of the molecule is C=CC(=O)NCc1cccc(-c2nccc3cnc(Nc4ccc(N5CCN(C)CC5)nc4)nc23)c1. The van der Waals surface area contributed by atoms with Gasteiger partial charge >= 0.3 is 0 Å². The first kappa shape index (κ1) is 23.4. The smallest absolute Gasteiger partial charge is 0.243 e. The number of pyridine rings is 2. The summed E-state index contributed by atoms with van der Waals surface area (Å²) < 4.78 is 0. The van der Waals surface area contributed by atoms with Gasteiger partial charge in [0.1, 0.15) is 11.3 Å². The molecule has 1 saturated heterocycles. The predicted octanol–water partition coefficient (Wildman–Crippen LogP) is 3.38. The fourth-order valence-corrected chi connectivity index (χ4v) is 4.13. The lowest BCUT2D eigenvalue weighted by Gasteiger charge is -2.33. The second-order valence-corrected chi connectivity index (χ2v) is 8.73. The first-order valence-corrected chi connectivity index (χ1v) is 11.9. The summed E-state index contributed by atoms with van der Waals surface area (Å²) in [6, 6.07) is 13.8. The number of anilines is 3. The van der Waals surface area contributed by atoms with Crippen LogP contribution in [0.15, 0.2) is 73.7 Å². The van der Waals surface area contributed by atoms with E-state index in [1.165, 1.54) is 6.08 Å². The molecule has 36 heavy (non-hydrogen) atoms. The number of aromatic nitrogens is 4. The molecule has 1 aliphatic rings. The Morgan fingerprint density at radius 3 is 2.69 bits per heavy atom. The number of piperazine rings is 1. The molecule has 9 heteroatoms. The number of amides is 1. The molecule has 0 radical (unpaired) electrons. The van der Waals surface area contributed by atoms with Crippen LogP contribution >= 0.6 is 0 Å². The molecule has 5 rings (SSSR count). The number of carbonyl (C=O) groups excluding carboxylic acids is 1. The first-order valence-electron chi connectivity index (χ1n) is 11.9. The maximum atomic E-state index is 11.5. The van der Waals surface area contributed by atoms with Gasteiger partial charge in [0.15, 0.2) is 0 Å². The molecular formula is C27H28N8O. The highest BCUT2D eigenvalue weighted by atomic mass is 16.1. The number of hydrogen-bond acceptors (Lipinski definition) is 8. The van der Waals surface area contributed by atoms with Crippen LogP contribution in [0.2, 0.25) is 0 Å². The zero-order valence-electron chi connectivity index (χ0n) is 20.2. The number of benzene rings is 1. The Balaban J connectivity index is 1.37. The van der Waals surface area contributed by atoms with E-state index in [0.717, 1.165) is 65.4 Å². The van der Waals surface area contributed by atoms with Gasteiger partial charge in [0.25, 0.3) is 0 Å². The Morgan fingerprint density at radius 2 is 1.92 bits per heavy atom. The van der Waals surface area contributed by atoms with E-state index >= 15 is 0 Å². The Kier molecular flexibility index (Phi) is 6.81. The van der Waals surface area contributed by atoms with Crippen LogP contribution in [0, 0.1) is 0 Å². The van der Waals surface area contributed by atoms with Crippen molar-refractivity contribution < 1.29 is 4.79 Å². The molecule has 0 unspecified atom stereocenters. The van der Waals surface area contributed by atoms with Gasteiger partial charge < -0.3 is 20.4 Å². The molecule has 0 saturated carbocycles. The number of nitrogens with one attached hydrogen (secondary N) is 2. The molecule has 4 aromatic rings. The number of nitrogens with zero attached hydrogens (tertiary/aromatic N) is 6. The van der Waals surface area contributed by atoms with E-state index in [-0.39, 0.29) is 5.91 Å². The van der Waals surface area contributed by atoms with Gasteiger partial charge in [-0.15, -0.1) is 0 Å². The standard InChI is InChI=1S/C27H28N8O/c1-3-24(36)30-16-19-5-4-6-20(15-19)25-26-21(9-10-28-25)17-31-27(33-26)32-22-7-8-23(29-18-22)35-13-11-34(2)12-14-35/h3-10,15,17-18H,1,11-14,16H2,2H3,(H,30,36)(H,31,32,33). The van der Waals surface area contributed by atoms with Gasteiger partial charge in [0, 0.05) is 56.1 Å². The van der Waals surface area contributed by atoms with Crippen molar-refractivity contribution in [2.75, 3.05) is 43.4 Å². The van der Waals surface area contributed by atoms with E-state index in [1.807, 2.05) is 48.7 Å². The molecular weight excluding hydrogens is 452 g/mol. The summed E-state index contributed by atoms with van der Waals surface area (Å²) in [6.45, 7) is 7.92. The maximum Gasteiger partial charge on any atom is 0.243 e. The summed E-state index contributed by atoms with van der Waals surface area (Å²) in [7, 11) is 2.14. The fraction of sp³-hybridized carbons (Fsp3) is 0.222. The third-order valence-electron chi connectivity index (χ3n) is 6.18. The van der Waals surface area contributed by atoms with E-state index in [2.05, 4.69) is 49.0 Å². The van der Waals surface area contributed by atoms with Gasteiger partial charge in [0.05, 0.1) is 17.6 Å². The van der Waals surface area contributed by atoms with Crippen LogP contribution in [0.3, 0.4) is 0 Å². The number of fused-ring (bicyclic) bond motifs is 1. The van der Waals surface area contributed by atoms with E-state index < -0.39 is 0 Å². The summed E-state index contributed by atoms with van der Waals surface area (Å²) in [5.41, 5.74) is 4.18. The molecule has 4 heterocycles. The van der Waals surface area contributed by atoms with Crippen LogP contribution in [-0.4, -0.2) is 64.0 Å². The lowest BCUT2D eigenvalue weighted by atomic mass is 10.1. The van der Waals surface area contributed by atoms with Crippen molar-refractivity contribution in [3.63, 3.8) is 0 Å². The Morgan fingerprint density at radius 1 is 1.06 bits per heavy atom. The predicted molar refractivity (Wildman–Crippen MR) is 142 cm³/mol. The molecule has 0 aliphatic carbocycles. The minimum Gasteiger partial charge on any atom is -0.354 e. The Bertz CT molecular complexity index is 1380. The van der Waals surface area contributed by atoms with E-state index in [0.29, 0.717) is 12.5 Å². The van der Waals surface area contributed by atoms with E-state index in [1.54, 1.807) is 12.4 Å². The maximum absolute atomic E-state index is 11.5. The lowest BCUT2D eigenvalue weighted by molar-refractivity contribution is -0.116. The normalized spacial score (nSPS) is 14.0. The van der Waals surface area contributed by atoms with Crippen LogP contribution in [-0.2, 0) is 11.3 Å². The molecule has 0 spiro atoms. The first-order chi connectivity index (χ1) is 17.6. The monoisotopic (exact) mass is 480 g/mol. The Hall–Kier alpha value is -4.37. The molecule has 3 aromatic heterocycles. The van der Waals surface area contributed by atoms with Crippen LogP contribution < -0.4 is 15.5 Å². The highest BCUT2D eigenvalue weighted by Crippen LogP contribution is 2.27. The zero-order valence-corrected chi connectivity index (χ0v) is 20.2. The average Bonchev–Trinajstić information content (AvgIpc) is 2.92. The third kappa shape index (κ3) is 5.31. The van der Waals surface area contributed by atoms with Gasteiger partial charge in [-0.2, -0.15) is 0 Å². The van der Waals surface area contributed by atoms with Crippen LogP contribution in [0.5, 0.6) is 0 Å². The van der Waals surface area contributed by atoms with Gasteiger partial charge in [-0.3, -0.25) is 9.78 Å². The van der Waals surface area contributed by atoms with Gasteiger partial charge in [-0.25, -0.2) is 15.0 Å². The van der Waals surface area contributed by atoms with Gasteiger partial charge in [-0.1, -0.05) is 24.8 Å². The highest BCUT2D eigenvalue weighted by molar-refractivity contribution is 5.91. The minimum absolute atomic E-state index is 0.210. The van der Waals surface area contributed by atoms with Crippen molar-refractivity contribution in [1.29, 1.82) is 0 Å². The lowest BCUT2D eigenvalue weighted by Crippen LogP contribution is -2.44. The average molecular weight is 481 g/mol.